The Morgan fingerprint density at radius 1 is 1.06 bits per heavy atom. The quantitative estimate of drug-likeness (QED) is 0.603. The zero-order valence-corrected chi connectivity index (χ0v) is 20.7. The molecule has 7 nitrogen and oxygen atoms in total. The van der Waals surface area contributed by atoms with E-state index in [1.54, 1.807) is 12.1 Å². The molecule has 3 atom stereocenters. The van der Waals surface area contributed by atoms with E-state index in [1.807, 2.05) is 12.1 Å². The van der Waals surface area contributed by atoms with Crippen LogP contribution in [0, 0.1) is 17.7 Å². The third-order valence-corrected chi connectivity index (χ3v) is 7.63. The molecule has 0 radical (unpaired) electrons. The number of morpholine rings is 1. The Bertz CT molecular complexity index is 758. The predicted molar refractivity (Wildman–Crippen MR) is 132 cm³/mol. The number of nitrogens with zero attached hydrogens (tertiary/aromatic N) is 3. The Hall–Kier alpha value is -1.74. The topological polar surface area (TPSA) is 60.1 Å². The summed E-state index contributed by atoms with van der Waals surface area (Å²) in [5.74, 6) is 0.908. The molecule has 1 aromatic rings. The van der Waals surface area contributed by atoms with Crippen LogP contribution in [-0.2, 0) is 11.2 Å². The summed E-state index contributed by atoms with van der Waals surface area (Å²) in [4.78, 5) is 19.9. The average molecular weight is 476 g/mol. The molecule has 0 aliphatic carbocycles. The van der Waals surface area contributed by atoms with Gasteiger partial charge in [-0.05, 0) is 75.4 Å². The van der Waals surface area contributed by atoms with Gasteiger partial charge in [0.1, 0.15) is 5.82 Å². The first kappa shape index (κ1) is 25.4. The number of amides is 2. The van der Waals surface area contributed by atoms with Crippen molar-refractivity contribution in [2.45, 2.75) is 31.7 Å². The lowest BCUT2D eigenvalue weighted by Crippen LogP contribution is -2.57. The molecule has 0 saturated carbocycles. The number of piperidine rings is 2. The lowest BCUT2D eigenvalue weighted by Gasteiger charge is -2.41. The minimum Gasteiger partial charge on any atom is -0.379 e. The van der Waals surface area contributed by atoms with Crippen LogP contribution in [-0.4, -0.2) is 106 Å². The van der Waals surface area contributed by atoms with Gasteiger partial charge in [-0.1, -0.05) is 12.1 Å². The number of carbonyl (C=O) groups is 1. The summed E-state index contributed by atoms with van der Waals surface area (Å²) in [5, 5.41) is 6.35. The number of carbonyl (C=O) groups excluding carboxylic acids is 1. The van der Waals surface area contributed by atoms with Crippen molar-refractivity contribution in [2.75, 3.05) is 79.2 Å². The minimum atomic E-state index is -0.167. The highest BCUT2D eigenvalue weighted by molar-refractivity contribution is 5.74. The van der Waals surface area contributed by atoms with E-state index >= 15 is 0 Å². The lowest BCUT2D eigenvalue weighted by molar-refractivity contribution is 0.0387. The maximum atomic E-state index is 13.2. The highest BCUT2D eigenvalue weighted by Crippen LogP contribution is 2.25. The molecular formula is C26H42FN5O2. The van der Waals surface area contributed by atoms with Gasteiger partial charge in [0.2, 0.25) is 0 Å². The van der Waals surface area contributed by atoms with E-state index in [1.165, 1.54) is 18.4 Å². The van der Waals surface area contributed by atoms with Crippen LogP contribution < -0.4 is 10.6 Å². The molecule has 3 heterocycles. The van der Waals surface area contributed by atoms with Crippen LogP contribution in [0.4, 0.5) is 9.18 Å². The van der Waals surface area contributed by atoms with Crippen LogP contribution in [0.25, 0.3) is 0 Å². The largest absolute Gasteiger partial charge is 0.379 e. The molecule has 0 spiro atoms. The predicted octanol–water partition coefficient (Wildman–Crippen LogP) is 2.03. The van der Waals surface area contributed by atoms with E-state index in [-0.39, 0.29) is 17.9 Å². The van der Waals surface area contributed by atoms with Gasteiger partial charge in [-0.25, -0.2) is 9.18 Å². The second-order valence-corrected chi connectivity index (χ2v) is 10.4. The van der Waals surface area contributed by atoms with Crippen LogP contribution in [0.2, 0.25) is 0 Å². The fourth-order valence-corrected chi connectivity index (χ4v) is 5.69. The van der Waals surface area contributed by atoms with E-state index in [0.717, 1.165) is 78.4 Å². The highest BCUT2D eigenvalue weighted by Gasteiger charge is 2.32. The fraction of sp³-hybridized carbons (Fsp3) is 0.731. The maximum absolute atomic E-state index is 13.2. The van der Waals surface area contributed by atoms with Crippen molar-refractivity contribution < 1.29 is 13.9 Å². The van der Waals surface area contributed by atoms with Crippen molar-refractivity contribution in [1.82, 2.24) is 25.3 Å². The molecule has 4 rings (SSSR count). The molecule has 3 fully saturated rings. The zero-order chi connectivity index (χ0) is 23.8. The summed E-state index contributed by atoms with van der Waals surface area (Å²) < 4.78 is 18.6. The molecule has 0 aromatic heterocycles. The molecule has 3 aliphatic heterocycles. The molecule has 34 heavy (non-hydrogen) atoms. The number of benzene rings is 1. The number of ether oxygens (including phenoxy) is 1. The molecule has 3 aliphatic rings. The summed E-state index contributed by atoms with van der Waals surface area (Å²) in [7, 11) is 2.14. The molecule has 1 aromatic carbocycles. The minimum absolute atomic E-state index is 0.0496. The van der Waals surface area contributed by atoms with Crippen molar-refractivity contribution in [3.63, 3.8) is 0 Å². The van der Waals surface area contributed by atoms with Gasteiger partial charge < -0.3 is 25.2 Å². The Labute approximate surface area is 204 Å². The average Bonchev–Trinajstić information content (AvgIpc) is 2.83. The summed E-state index contributed by atoms with van der Waals surface area (Å²) in [6.45, 7) is 10.2. The maximum Gasteiger partial charge on any atom is 0.315 e. The van der Waals surface area contributed by atoms with Crippen molar-refractivity contribution in [3.8, 4) is 0 Å². The van der Waals surface area contributed by atoms with E-state index in [9.17, 15) is 9.18 Å². The summed E-state index contributed by atoms with van der Waals surface area (Å²) in [6, 6.07) is 7.09. The first-order valence-electron chi connectivity index (χ1n) is 13.0. The van der Waals surface area contributed by atoms with Gasteiger partial charge in [-0.15, -0.1) is 0 Å². The molecule has 2 N–H and O–H groups in total. The van der Waals surface area contributed by atoms with Crippen molar-refractivity contribution in [2.24, 2.45) is 11.8 Å². The number of urea groups is 1. The molecule has 3 saturated heterocycles. The van der Waals surface area contributed by atoms with Crippen molar-refractivity contribution >= 4 is 6.03 Å². The second kappa shape index (κ2) is 12.8. The summed E-state index contributed by atoms with van der Waals surface area (Å²) >= 11 is 0. The fourth-order valence-electron chi connectivity index (χ4n) is 5.69. The standard InChI is InChI=1S/C26H42FN5O2/c1-30-11-8-23(25(20-30)29-26(33)28-9-12-31-13-15-34-16-14-31)19-32-10-2-3-22(18-32)17-21-4-6-24(27)7-5-21/h4-7,22-23,25H,2-3,8-20H2,1H3,(H2,28,29,33)/t22?,23-,25-/m0/s1. The number of nitrogens with one attached hydrogen (secondary N) is 2. The molecule has 2 amide bonds. The van der Waals surface area contributed by atoms with Gasteiger partial charge in [0.25, 0.3) is 0 Å². The van der Waals surface area contributed by atoms with Crippen LogP contribution in [0.3, 0.4) is 0 Å². The number of likely N-dealkylation sites (N-methyl/N-ethyl adjacent to an activating group) is 1. The third-order valence-electron chi connectivity index (χ3n) is 7.63. The van der Waals surface area contributed by atoms with Gasteiger partial charge in [-0.3, -0.25) is 4.90 Å². The molecule has 0 bridgehead atoms. The summed E-state index contributed by atoms with van der Waals surface area (Å²) in [5.41, 5.74) is 1.22. The number of hydrogen-bond donors (Lipinski definition) is 2. The van der Waals surface area contributed by atoms with Gasteiger partial charge >= 0.3 is 6.03 Å². The SMILES string of the molecule is CN1CC[C@@H](CN2CCCC(Cc3ccc(F)cc3)C2)[C@@H](NC(=O)NCCN2CCOCC2)C1. The lowest BCUT2D eigenvalue weighted by atomic mass is 9.88. The normalized spacial score (nSPS) is 27.4. The second-order valence-electron chi connectivity index (χ2n) is 10.4. The molecule has 190 valence electrons. The summed E-state index contributed by atoms with van der Waals surface area (Å²) in [6.07, 6.45) is 4.55. The third kappa shape index (κ3) is 7.90. The number of halogens is 1. The highest BCUT2D eigenvalue weighted by atomic mass is 19.1. The Balaban J connectivity index is 1.23. The molecular weight excluding hydrogens is 433 g/mol. The van der Waals surface area contributed by atoms with E-state index in [4.69, 9.17) is 4.74 Å². The molecule has 1 unspecified atom stereocenters. The van der Waals surface area contributed by atoms with E-state index in [0.29, 0.717) is 18.4 Å². The van der Waals surface area contributed by atoms with Crippen LogP contribution in [0.15, 0.2) is 24.3 Å². The van der Waals surface area contributed by atoms with E-state index < -0.39 is 0 Å². The first-order valence-corrected chi connectivity index (χ1v) is 13.0. The smallest absolute Gasteiger partial charge is 0.315 e. The van der Waals surface area contributed by atoms with E-state index in [2.05, 4.69) is 32.4 Å². The van der Waals surface area contributed by atoms with Crippen LogP contribution in [0.1, 0.15) is 24.8 Å². The van der Waals surface area contributed by atoms with Gasteiger partial charge in [0.15, 0.2) is 0 Å². The van der Waals surface area contributed by atoms with Crippen molar-refractivity contribution in [3.05, 3.63) is 35.6 Å². The van der Waals surface area contributed by atoms with Gasteiger partial charge in [0, 0.05) is 51.9 Å². The number of likely N-dealkylation sites (tertiary alicyclic amines) is 2. The Kier molecular flexibility index (Phi) is 9.56. The zero-order valence-electron chi connectivity index (χ0n) is 20.7. The van der Waals surface area contributed by atoms with Crippen LogP contribution >= 0.6 is 0 Å². The van der Waals surface area contributed by atoms with Crippen LogP contribution in [0.5, 0.6) is 0 Å². The molecule has 8 heteroatoms. The monoisotopic (exact) mass is 475 g/mol. The van der Waals surface area contributed by atoms with Crippen molar-refractivity contribution in [1.29, 1.82) is 0 Å². The number of hydrogen-bond acceptors (Lipinski definition) is 5. The number of rotatable bonds is 8. The van der Waals surface area contributed by atoms with Gasteiger partial charge in [-0.2, -0.15) is 0 Å². The first-order chi connectivity index (χ1) is 16.5. The Morgan fingerprint density at radius 2 is 1.85 bits per heavy atom. The Morgan fingerprint density at radius 3 is 2.65 bits per heavy atom. The van der Waals surface area contributed by atoms with Gasteiger partial charge in [0.05, 0.1) is 13.2 Å².